The van der Waals surface area contributed by atoms with Gasteiger partial charge in [0.25, 0.3) is 0 Å². The molecule has 1 unspecified atom stereocenters. The summed E-state index contributed by atoms with van der Waals surface area (Å²) in [7, 11) is 1.75. The smallest absolute Gasteiger partial charge is 0.126 e. The summed E-state index contributed by atoms with van der Waals surface area (Å²) in [5, 5.41) is 3.56. The molecule has 0 aliphatic carbocycles. The zero-order chi connectivity index (χ0) is 15.0. The van der Waals surface area contributed by atoms with Gasteiger partial charge in [0.05, 0.1) is 19.8 Å². The Morgan fingerprint density at radius 3 is 2.50 bits per heavy atom. The number of hydrogen-bond acceptors (Lipinski definition) is 3. The standard InChI is InChI=1S/C17H29NO2/c1-6-10-18-16(12-20-11-7-2)15-9-8-13(3)14(4)17(15)19-5/h8-9,16,18H,6-7,10-12H2,1-5H3. The second-order valence-corrected chi connectivity index (χ2v) is 5.21. The maximum atomic E-state index is 5.75. The van der Waals surface area contributed by atoms with Crippen LogP contribution in [0.5, 0.6) is 5.75 Å². The van der Waals surface area contributed by atoms with Crippen LogP contribution in [0.3, 0.4) is 0 Å². The molecule has 0 saturated heterocycles. The second-order valence-electron chi connectivity index (χ2n) is 5.21. The van der Waals surface area contributed by atoms with Crippen LogP contribution < -0.4 is 10.1 Å². The predicted octanol–water partition coefficient (Wildman–Crippen LogP) is 3.78. The predicted molar refractivity (Wildman–Crippen MR) is 84.6 cm³/mol. The van der Waals surface area contributed by atoms with Crippen LogP contribution in [-0.2, 0) is 4.74 Å². The third-order valence-electron chi connectivity index (χ3n) is 3.56. The first kappa shape index (κ1) is 17.0. The van der Waals surface area contributed by atoms with Gasteiger partial charge in [-0.2, -0.15) is 0 Å². The van der Waals surface area contributed by atoms with E-state index in [0.717, 1.165) is 31.7 Å². The maximum absolute atomic E-state index is 5.75. The minimum atomic E-state index is 0.191. The summed E-state index contributed by atoms with van der Waals surface area (Å²) >= 11 is 0. The van der Waals surface area contributed by atoms with E-state index in [2.05, 4.69) is 45.1 Å². The number of nitrogens with one attached hydrogen (secondary N) is 1. The molecule has 0 bridgehead atoms. The van der Waals surface area contributed by atoms with Crippen molar-refractivity contribution in [2.75, 3.05) is 26.9 Å². The van der Waals surface area contributed by atoms with Crippen molar-refractivity contribution in [3.8, 4) is 5.75 Å². The van der Waals surface area contributed by atoms with E-state index in [9.17, 15) is 0 Å². The summed E-state index contributed by atoms with van der Waals surface area (Å²) in [5.74, 6) is 0.985. The van der Waals surface area contributed by atoms with E-state index in [1.54, 1.807) is 7.11 Å². The molecule has 0 heterocycles. The van der Waals surface area contributed by atoms with Crippen LogP contribution >= 0.6 is 0 Å². The fraction of sp³-hybridized carbons (Fsp3) is 0.647. The first-order valence-electron chi connectivity index (χ1n) is 7.60. The van der Waals surface area contributed by atoms with Crippen LogP contribution in [0.25, 0.3) is 0 Å². The van der Waals surface area contributed by atoms with Crippen molar-refractivity contribution in [3.05, 3.63) is 28.8 Å². The summed E-state index contributed by atoms with van der Waals surface area (Å²) in [6.07, 6.45) is 2.15. The van der Waals surface area contributed by atoms with E-state index < -0.39 is 0 Å². The minimum Gasteiger partial charge on any atom is -0.496 e. The summed E-state index contributed by atoms with van der Waals surface area (Å²) in [6, 6.07) is 4.51. The van der Waals surface area contributed by atoms with Gasteiger partial charge in [0.2, 0.25) is 0 Å². The number of aryl methyl sites for hydroxylation is 1. The van der Waals surface area contributed by atoms with E-state index in [0.29, 0.717) is 6.61 Å². The Labute approximate surface area is 123 Å². The Kier molecular flexibility index (Phi) is 7.63. The van der Waals surface area contributed by atoms with Crippen LogP contribution in [0.4, 0.5) is 0 Å². The van der Waals surface area contributed by atoms with Crippen molar-refractivity contribution in [2.45, 2.75) is 46.6 Å². The first-order chi connectivity index (χ1) is 9.65. The number of rotatable bonds is 9. The van der Waals surface area contributed by atoms with Crippen LogP contribution in [-0.4, -0.2) is 26.9 Å². The molecule has 0 amide bonds. The van der Waals surface area contributed by atoms with Gasteiger partial charge in [-0.1, -0.05) is 26.0 Å². The lowest BCUT2D eigenvalue weighted by Gasteiger charge is -2.23. The van der Waals surface area contributed by atoms with Crippen LogP contribution in [0.1, 0.15) is 49.4 Å². The van der Waals surface area contributed by atoms with Crippen molar-refractivity contribution in [3.63, 3.8) is 0 Å². The largest absolute Gasteiger partial charge is 0.496 e. The molecule has 1 aromatic carbocycles. The van der Waals surface area contributed by atoms with Gasteiger partial charge in [0.1, 0.15) is 5.75 Å². The molecule has 1 atom stereocenters. The molecule has 3 heteroatoms. The van der Waals surface area contributed by atoms with Crippen molar-refractivity contribution in [1.29, 1.82) is 0 Å². The third-order valence-corrected chi connectivity index (χ3v) is 3.56. The molecule has 0 fully saturated rings. The van der Waals surface area contributed by atoms with Gasteiger partial charge in [0.15, 0.2) is 0 Å². The molecule has 0 saturated carbocycles. The normalized spacial score (nSPS) is 12.4. The molecule has 0 spiro atoms. The van der Waals surface area contributed by atoms with Gasteiger partial charge in [0, 0.05) is 12.2 Å². The quantitative estimate of drug-likeness (QED) is 0.698. The Balaban J connectivity index is 2.96. The molecular weight excluding hydrogens is 250 g/mol. The molecular formula is C17H29NO2. The van der Waals surface area contributed by atoms with Gasteiger partial charge in [-0.25, -0.2) is 0 Å². The van der Waals surface area contributed by atoms with Crippen LogP contribution in [0, 0.1) is 13.8 Å². The van der Waals surface area contributed by atoms with Gasteiger partial charge < -0.3 is 14.8 Å². The molecule has 0 aliphatic heterocycles. The molecule has 114 valence electrons. The minimum absolute atomic E-state index is 0.191. The van der Waals surface area contributed by atoms with Crippen molar-refractivity contribution in [2.24, 2.45) is 0 Å². The van der Waals surface area contributed by atoms with Crippen LogP contribution in [0.2, 0.25) is 0 Å². The van der Waals surface area contributed by atoms with Crippen LogP contribution in [0.15, 0.2) is 12.1 Å². The highest BCUT2D eigenvalue weighted by molar-refractivity contribution is 5.46. The summed E-state index contributed by atoms with van der Waals surface area (Å²) in [6.45, 7) is 11.0. The zero-order valence-corrected chi connectivity index (χ0v) is 13.6. The zero-order valence-electron chi connectivity index (χ0n) is 13.6. The lowest BCUT2D eigenvalue weighted by molar-refractivity contribution is 0.111. The van der Waals surface area contributed by atoms with E-state index in [1.807, 2.05) is 0 Å². The second kappa shape index (κ2) is 8.98. The van der Waals surface area contributed by atoms with Gasteiger partial charge in [-0.15, -0.1) is 0 Å². The fourth-order valence-corrected chi connectivity index (χ4v) is 2.28. The monoisotopic (exact) mass is 279 g/mol. The number of methoxy groups -OCH3 is 1. The average molecular weight is 279 g/mol. The Morgan fingerprint density at radius 1 is 1.15 bits per heavy atom. The first-order valence-corrected chi connectivity index (χ1v) is 7.60. The van der Waals surface area contributed by atoms with Crippen molar-refractivity contribution < 1.29 is 9.47 Å². The maximum Gasteiger partial charge on any atom is 0.126 e. The van der Waals surface area contributed by atoms with Gasteiger partial charge in [-0.05, 0) is 44.4 Å². The molecule has 0 aliphatic rings. The molecule has 20 heavy (non-hydrogen) atoms. The number of hydrogen-bond donors (Lipinski definition) is 1. The Hall–Kier alpha value is -1.06. The molecule has 0 radical (unpaired) electrons. The van der Waals surface area contributed by atoms with E-state index in [1.165, 1.54) is 16.7 Å². The van der Waals surface area contributed by atoms with Crippen molar-refractivity contribution in [1.82, 2.24) is 5.32 Å². The van der Waals surface area contributed by atoms with Gasteiger partial charge in [-0.3, -0.25) is 0 Å². The molecule has 1 rings (SSSR count). The molecule has 1 aromatic rings. The summed E-state index contributed by atoms with van der Waals surface area (Å²) < 4.78 is 11.4. The lowest BCUT2D eigenvalue weighted by Crippen LogP contribution is -2.27. The van der Waals surface area contributed by atoms with Gasteiger partial charge >= 0.3 is 0 Å². The topological polar surface area (TPSA) is 30.5 Å². The fourth-order valence-electron chi connectivity index (χ4n) is 2.28. The highest BCUT2D eigenvalue weighted by Crippen LogP contribution is 2.31. The number of ether oxygens (including phenoxy) is 2. The Bertz CT molecular complexity index is 404. The SMILES string of the molecule is CCCNC(COCCC)c1ccc(C)c(C)c1OC. The molecule has 1 N–H and O–H groups in total. The van der Waals surface area contributed by atoms with Crippen molar-refractivity contribution >= 4 is 0 Å². The highest BCUT2D eigenvalue weighted by Gasteiger charge is 2.18. The summed E-state index contributed by atoms with van der Waals surface area (Å²) in [5.41, 5.74) is 3.67. The third kappa shape index (κ3) is 4.50. The molecule has 3 nitrogen and oxygen atoms in total. The van der Waals surface area contributed by atoms with E-state index >= 15 is 0 Å². The average Bonchev–Trinajstić information content (AvgIpc) is 2.45. The van der Waals surface area contributed by atoms with E-state index in [4.69, 9.17) is 9.47 Å². The molecule has 0 aromatic heterocycles. The number of benzene rings is 1. The lowest BCUT2D eigenvalue weighted by atomic mass is 9.99. The Morgan fingerprint density at radius 2 is 1.90 bits per heavy atom. The summed E-state index contributed by atoms with van der Waals surface area (Å²) in [4.78, 5) is 0. The van der Waals surface area contributed by atoms with E-state index in [-0.39, 0.29) is 6.04 Å². The highest BCUT2D eigenvalue weighted by atomic mass is 16.5.